The smallest absolute Gasteiger partial charge is 0.253 e. The van der Waals surface area contributed by atoms with Crippen molar-refractivity contribution in [3.8, 4) is 5.88 Å². The SMILES string of the molecule is CC(C)(C)Cc1cnc2c(c1)[C@@H](NC[C@@H](O)[C@H](Cc1ccc(F)cc1)NC(=O)c1cncc(F)c1)CC1(CCC1)O2. The number of nitrogens with one attached hydrogen (secondary N) is 2. The molecule has 41 heavy (non-hydrogen) atoms. The van der Waals surface area contributed by atoms with Crippen LogP contribution in [0.1, 0.15) is 79.5 Å². The lowest BCUT2D eigenvalue weighted by molar-refractivity contribution is -0.0421. The summed E-state index contributed by atoms with van der Waals surface area (Å²) in [5.41, 5.74) is 2.75. The van der Waals surface area contributed by atoms with Crippen molar-refractivity contribution in [2.75, 3.05) is 6.54 Å². The third-order valence-electron chi connectivity index (χ3n) is 7.89. The van der Waals surface area contributed by atoms with Gasteiger partial charge < -0.3 is 20.5 Å². The van der Waals surface area contributed by atoms with Crippen molar-refractivity contribution >= 4 is 5.91 Å². The molecule has 1 saturated carbocycles. The number of hydrogen-bond donors (Lipinski definition) is 3. The minimum Gasteiger partial charge on any atom is -0.471 e. The average Bonchev–Trinajstić information content (AvgIpc) is 2.90. The van der Waals surface area contributed by atoms with Gasteiger partial charge in [-0.25, -0.2) is 13.8 Å². The number of pyridine rings is 2. The van der Waals surface area contributed by atoms with Crippen LogP contribution in [0.15, 0.2) is 55.0 Å². The van der Waals surface area contributed by atoms with Crippen LogP contribution in [0.3, 0.4) is 0 Å². The van der Waals surface area contributed by atoms with Gasteiger partial charge in [0.1, 0.15) is 17.2 Å². The van der Waals surface area contributed by atoms with E-state index < -0.39 is 23.9 Å². The third-order valence-corrected chi connectivity index (χ3v) is 7.89. The van der Waals surface area contributed by atoms with Crippen molar-refractivity contribution in [1.82, 2.24) is 20.6 Å². The quantitative estimate of drug-likeness (QED) is 0.336. The molecule has 1 aliphatic carbocycles. The highest BCUT2D eigenvalue weighted by molar-refractivity contribution is 5.94. The zero-order chi connectivity index (χ0) is 29.2. The van der Waals surface area contributed by atoms with Crippen molar-refractivity contribution in [1.29, 1.82) is 0 Å². The molecular formula is C32H38F2N4O3. The van der Waals surface area contributed by atoms with E-state index in [1.165, 1.54) is 18.3 Å². The molecule has 0 bridgehead atoms. The lowest BCUT2D eigenvalue weighted by Crippen LogP contribution is -2.52. The molecular weight excluding hydrogens is 526 g/mol. The van der Waals surface area contributed by atoms with Gasteiger partial charge in [-0.3, -0.25) is 9.78 Å². The Morgan fingerprint density at radius 3 is 2.51 bits per heavy atom. The fraction of sp³-hybridized carbons (Fsp3) is 0.469. The maximum atomic E-state index is 13.7. The third kappa shape index (κ3) is 7.26. The van der Waals surface area contributed by atoms with Crippen molar-refractivity contribution in [2.24, 2.45) is 5.41 Å². The largest absolute Gasteiger partial charge is 0.471 e. The number of benzene rings is 1. The molecule has 1 spiro atoms. The van der Waals surface area contributed by atoms with Crippen LogP contribution in [0.25, 0.3) is 0 Å². The number of carbonyl (C=O) groups excluding carboxylic acids is 1. The fourth-order valence-corrected chi connectivity index (χ4v) is 5.70. The van der Waals surface area contributed by atoms with Crippen LogP contribution < -0.4 is 15.4 Å². The predicted octanol–water partition coefficient (Wildman–Crippen LogP) is 5.08. The van der Waals surface area contributed by atoms with Gasteiger partial charge in [-0.05, 0) is 72.9 Å². The molecule has 2 aliphatic rings. The molecule has 1 fully saturated rings. The normalized spacial score (nSPS) is 19.0. The highest BCUT2D eigenvalue weighted by Crippen LogP contribution is 2.48. The van der Waals surface area contributed by atoms with E-state index in [-0.39, 0.29) is 41.4 Å². The summed E-state index contributed by atoms with van der Waals surface area (Å²) < 4.78 is 33.6. The Bertz CT molecular complexity index is 1370. The molecule has 2 aromatic heterocycles. The summed E-state index contributed by atoms with van der Waals surface area (Å²) in [5.74, 6) is -0.915. The van der Waals surface area contributed by atoms with Gasteiger partial charge >= 0.3 is 0 Å². The predicted molar refractivity (Wildman–Crippen MR) is 152 cm³/mol. The minimum atomic E-state index is -1.00. The molecule has 9 heteroatoms. The van der Waals surface area contributed by atoms with Gasteiger partial charge in [0.05, 0.1) is 23.9 Å². The number of rotatable bonds is 9. The lowest BCUT2D eigenvalue weighted by atomic mass is 9.73. The Morgan fingerprint density at radius 2 is 1.85 bits per heavy atom. The summed E-state index contributed by atoms with van der Waals surface area (Å²) in [7, 11) is 0. The number of aliphatic hydroxyl groups excluding tert-OH is 1. The Kier molecular flexibility index (Phi) is 8.38. The van der Waals surface area contributed by atoms with E-state index in [0.29, 0.717) is 5.88 Å². The molecule has 3 atom stereocenters. The first-order valence-electron chi connectivity index (χ1n) is 14.2. The van der Waals surface area contributed by atoms with Crippen molar-refractivity contribution in [2.45, 2.75) is 83.1 Å². The van der Waals surface area contributed by atoms with Gasteiger partial charge in [0.2, 0.25) is 5.88 Å². The van der Waals surface area contributed by atoms with E-state index >= 15 is 0 Å². The molecule has 1 aliphatic heterocycles. The Labute approximate surface area is 239 Å². The number of ether oxygens (including phenoxy) is 1. The molecule has 0 unspecified atom stereocenters. The monoisotopic (exact) mass is 564 g/mol. The summed E-state index contributed by atoms with van der Waals surface area (Å²) in [6.07, 6.45) is 8.10. The van der Waals surface area contributed by atoms with Gasteiger partial charge in [0.15, 0.2) is 0 Å². The number of carbonyl (C=O) groups is 1. The number of aliphatic hydroxyl groups is 1. The highest BCUT2D eigenvalue weighted by Gasteiger charge is 2.46. The molecule has 0 saturated heterocycles. The summed E-state index contributed by atoms with van der Waals surface area (Å²) in [4.78, 5) is 21.4. The Morgan fingerprint density at radius 1 is 1.10 bits per heavy atom. The highest BCUT2D eigenvalue weighted by atomic mass is 19.1. The zero-order valence-electron chi connectivity index (χ0n) is 23.8. The van der Waals surface area contributed by atoms with E-state index in [1.54, 1.807) is 12.1 Å². The standard InChI is InChI=1S/C32H38F2N4O3/c1-31(2,3)14-21-11-25-27(15-32(9-4-10-32)41-30(25)37-16-21)36-19-28(39)26(12-20-5-7-23(33)8-6-20)38-29(40)22-13-24(34)18-35-17-22/h5-8,11,13,16-18,26-28,36,39H,4,9-10,12,14-15,19H2,1-3H3,(H,38,40)/t26-,27-,28+/m0/s1. The van der Waals surface area contributed by atoms with Crippen LogP contribution in [-0.4, -0.2) is 45.3 Å². The van der Waals surface area contributed by atoms with Crippen LogP contribution in [0.5, 0.6) is 5.88 Å². The van der Waals surface area contributed by atoms with Crippen LogP contribution >= 0.6 is 0 Å². The topological polar surface area (TPSA) is 96.4 Å². The number of fused-ring (bicyclic) bond motifs is 1. The number of halogens is 2. The van der Waals surface area contributed by atoms with Crippen LogP contribution in [-0.2, 0) is 12.8 Å². The van der Waals surface area contributed by atoms with Gasteiger partial charge in [-0.15, -0.1) is 0 Å². The maximum absolute atomic E-state index is 13.7. The van der Waals surface area contributed by atoms with Gasteiger partial charge in [-0.2, -0.15) is 0 Å². The van der Waals surface area contributed by atoms with Crippen molar-refractivity contribution in [3.05, 3.63) is 88.9 Å². The molecule has 1 aromatic carbocycles. The molecule has 3 N–H and O–H groups in total. The summed E-state index contributed by atoms with van der Waals surface area (Å²) in [6.45, 7) is 6.74. The summed E-state index contributed by atoms with van der Waals surface area (Å²) >= 11 is 0. The molecule has 7 nitrogen and oxygen atoms in total. The van der Waals surface area contributed by atoms with Crippen LogP contribution in [0.4, 0.5) is 8.78 Å². The maximum Gasteiger partial charge on any atom is 0.253 e. The van der Waals surface area contributed by atoms with Crippen molar-refractivity contribution < 1.29 is 23.4 Å². The second-order valence-electron chi connectivity index (χ2n) is 12.6. The molecule has 0 radical (unpaired) electrons. The molecule has 218 valence electrons. The minimum absolute atomic E-state index is 0.0528. The zero-order valence-corrected chi connectivity index (χ0v) is 23.8. The number of aromatic nitrogens is 2. The van der Waals surface area contributed by atoms with Crippen LogP contribution in [0, 0.1) is 17.0 Å². The van der Waals surface area contributed by atoms with E-state index in [4.69, 9.17) is 4.74 Å². The van der Waals surface area contributed by atoms with E-state index in [9.17, 15) is 18.7 Å². The first-order valence-corrected chi connectivity index (χ1v) is 14.2. The molecule has 5 rings (SSSR count). The van der Waals surface area contributed by atoms with Gasteiger partial charge in [0, 0.05) is 37.0 Å². The first-order chi connectivity index (χ1) is 19.5. The van der Waals surface area contributed by atoms with Gasteiger partial charge in [-0.1, -0.05) is 32.9 Å². The average molecular weight is 565 g/mol. The second-order valence-corrected chi connectivity index (χ2v) is 12.6. The van der Waals surface area contributed by atoms with Gasteiger partial charge in [0.25, 0.3) is 5.91 Å². The number of hydrogen-bond acceptors (Lipinski definition) is 6. The second kappa shape index (κ2) is 11.8. The van der Waals surface area contributed by atoms with E-state index in [0.717, 1.165) is 61.1 Å². The lowest BCUT2D eigenvalue weighted by Gasteiger charge is -2.47. The van der Waals surface area contributed by atoms with E-state index in [1.807, 2.05) is 6.20 Å². The number of amides is 1. The van der Waals surface area contributed by atoms with Crippen LogP contribution in [0.2, 0.25) is 0 Å². The van der Waals surface area contributed by atoms with Crippen molar-refractivity contribution in [3.63, 3.8) is 0 Å². The molecule has 3 aromatic rings. The summed E-state index contributed by atoms with van der Waals surface area (Å²) in [6, 6.07) is 8.36. The summed E-state index contributed by atoms with van der Waals surface area (Å²) in [5, 5.41) is 17.7. The van der Waals surface area contributed by atoms with E-state index in [2.05, 4.69) is 47.4 Å². The Balaban J connectivity index is 1.34. The fourth-order valence-electron chi connectivity index (χ4n) is 5.70. The Hall–Kier alpha value is -3.43. The molecule has 1 amide bonds. The number of nitrogens with zero attached hydrogens (tertiary/aromatic N) is 2. The molecule has 3 heterocycles. The first kappa shape index (κ1) is 29.1.